The first-order valence-corrected chi connectivity index (χ1v) is 10.9. The van der Waals surface area contributed by atoms with Crippen molar-refractivity contribution in [1.82, 2.24) is 9.88 Å². The molecule has 4 rings (SSSR count). The zero-order valence-electron chi connectivity index (χ0n) is 15.0. The van der Waals surface area contributed by atoms with E-state index in [9.17, 15) is 0 Å². The normalized spacial score (nSPS) is 17.7. The highest BCUT2D eigenvalue weighted by molar-refractivity contribution is 7.73. The largest absolute Gasteiger partial charge is 0.294 e. The van der Waals surface area contributed by atoms with Crippen LogP contribution < -0.4 is 10.6 Å². The van der Waals surface area contributed by atoms with E-state index < -0.39 is 0 Å². The Hall–Kier alpha value is -2.02. The van der Waals surface area contributed by atoms with Crippen molar-refractivity contribution in [3.05, 3.63) is 90.8 Å². The number of rotatable bonds is 6. The predicted octanol–water partition coefficient (Wildman–Crippen LogP) is 4.18. The highest BCUT2D eigenvalue weighted by Gasteiger charge is 2.28. The smallest absolute Gasteiger partial charge is 0.0544 e. The van der Waals surface area contributed by atoms with Crippen LogP contribution in [-0.4, -0.2) is 28.6 Å². The maximum atomic E-state index is 4.54. The summed E-state index contributed by atoms with van der Waals surface area (Å²) in [5, 5.41) is 2.97. The number of hydrogen-bond donors (Lipinski definition) is 0. The van der Waals surface area contributed by atoms with Crippen LogP contribution in [-0.2, 0) is 6.54 Å². The summed E-state index contributed by atoms with van der Waals surface area (Å²) in [5.74, 6) is 0. The highest BCUT2D eigenvalue weighted by Crippen LogP contribution is 2.38. The molecule has 1 fully saturated rings. The van der Waals surface area contributed by atoms with Crippen LogP contribution in [0.25, 0.3) is 0 Å². The first-order valence-electron chi connectivity index (χ1n) is 9.42. The average Bonchev–Trinajstić information content (AvgIpc) is 3.15. The van der Waals surface area contributed by atoms with Gasteiger partial charge in [-0.3, -0.25) is 9.88 Å². The van der Waals surface area contributed by atoms with E-state index in [-0.39, 0.29) is 7.92 Å². The molecule has 0 aliphatic carbocycles. The molecule has 2 heterocycles. The molecule has 2 nitrogen and oxygen atoms in total. The molecule has 0 amide bonds. The average molecular weight is 360 g/mol. The first-order chi connectivity index (χ1) is 12.9. The van der Waals surface area contributed by atoms with E-state index in [4.69, 9.17) is 0 Å². The number of aromatic nitrogens is 1. The molecular weight excluding hydrogens is 335 g/mol. The number of hydrogen-bond acceptors (Lipinski definition) is 2. The monoisotopic (exact) mass is 360 g/mol. The molecule has 0 bridgehead atoms. The van der Waals surface area contributed by atoms with E-state index in [2.05, 4.69) is 82.7 Å². The van der Waals surface area contributed by atoms with Crippen LogP contribution in [0.15, 0.2) is 85.1 Å². The number of pyridine rings is 1. The maximum absolute atomic E-state index is 4.54. The fourth-order valence-corrected chi connectivity index (χ4v) is 6.42. The molecule has 0 radical (unpaired) electrons. The van der Waals surface area contributed by atoms with Crippen LogP contribution >= 0.6 is 7.92 Å². The molecule has 1 aromatic heterocycles. The molecule has 132 valence electrons. The molecular formula is C23H25N2P. The third-order valence-corrected chi connectivity index (χ3v) is 7.75. The SMILES string of the molecule is c1ccc(P(C[C@@H]2CCCN2Cc2ccccn2)c2ccccc2)cc1. The molecule has 3 heteroatoms. The Morgan fingerprint density at radius 1 is 0.846 bits per heavy atom. The molecule has 0 saturated carbocycles. The van der Waals surface area contributed by atoms with Crippen molar-refractivity contribution in [3.63, 3.8) is 0 Å². The summed E-state index contributed by atoms with van der Waals surface area (Å²) in [4.78, 5) is 7.18. The third-order valence-electron chi connectivity index (χ3n) is 5.12. The minimum Gasteiger partial charge on any atom is -0.294 e. The van der Waals surface area contributed by atoms with Crippen molar-refractivity contribution in [3.8, 4) is 0 Å². The van der Waals surface area contributed by atoms with Gasteiger partial charge in [0.15, 0.2) is 0 Å². The molecule has 3 aromatic rings. The molecule has 0 unspecified atom stereocenters. The van der Waals surface area contributed by atoms with Gasteiger partial charge in [-0.1, -0.05) is 66.7 Å². The van der Waals surface area contributed by atoms with Gasteiger partial charge in [0.1, 0.15) is 0 Å². The van der Waals surface area contributed by atoms with Crippen LogP contribution in [0.3, 0.4) is 0 Å². The van der Waals surface area contributed by atoms with E-state index >= 15 is 0 Å². The molecule has 1 aliphatic rings. The summed E-state index contributed by atoms with van der Waals surface area (Å²) >= 11 is 0. The van der Waals surface area contributed by atoms with Crippen molar-refractivity contribution in [2.24, 2.45) is 0 Å². The van der Waals surface area contributed by atoms with Gasteiger partial charge in [-0.05, 0) is 56.2 Å². The maximum Gasteiger partial charge on any atom is 0.0544 e. The quantitative estimate of drug-likeness (QED) is 0.613. The molecule has 26 heavy (non-hydrogen) atoms. The Morgan fingerprint density at radius 3 is 2.12 bits per heavy atom. The Balaban J connectivity index is 1.55. The van der Waals surface area contributed by atoms with E-state index in [1.54, 1.807) is 0 Å². The molecule has 0 N–H and O–H groups in total. The lowest BCUT2D eigenvalue weighted by atomic mass is 10.2. The van der Waals surface area contributed by atoms with Gasteiger partial charge in [-0.15, -0.1) is 0 Å². The second-order valence-electron chi connectivity index (χ2n) is 6.87. The predicted molar refractivity (Wildman–Crippen MR) is 112 cm³/mol. The summed E-state index contributed by atoms with van der Waals surface area (Å²) < 4.78 is 0. The first kappa shape index (κ1) is 17.4. The fraction of sp³-hybridized carbons (Fsp3) is 0.261. The Kier molecular flexibility index (Phi) is 5.74. The zero-order chi connectivity index (χ0) is 17.6. The van der Waals surface area contributed by atoms with Gasteiger partial charge in [-0.25, -0.2) is 0 Å². The van der Waals surface area contributed by atoms with E-state index in [1.807, 2.05) is 12.3 Å². The molecule has 1 aliphatic heterocycles. The topological polar surface area (TPSA) is 16.1 Å². The van der Waals surface area contributed by atoms with Crippen molar-refractivity contribution >= 4 is 18.5 Å². The summed E-state index contributed by atoms with van der Waals surface area (Å²) in [5.41, 5.74) is 1.18. The van der Waals surface area contributed by atoms with E-state index in [0.717, 1.165) is 6.54 Å². The lowest BCUT2D eigenvalue weighted by Gasteiger charge is -2.29. The second kappa shape index (κ2) is 8.58. The Bertz CT molecular complexity index is 753. The number of nitrogens with zero attached hydrogens (tertiary/aromatic N) is 2. The number of benzene rings is 2. The Labute approximate surface area is 157 Å². The van der Waals surface area contributed by atoms with Crippen LogP contribution in [0.1, 0.15) is 18.5 Å². The lowest BCUT2D eigenvalue weighted by Crippen LogP contribution is -2.33. The third kappa shape index (κ3) is 4.20. The summed E-state index contributed by atoms with van der Waals surface area (Å²) in [6, 6.07) is 29.0. The van der Waals surface area contributed by atoms with E-state index in [1.165, 1.54) is 41.9 Å². The van der Waals surface area contributed by atoms with E-state index in [0.29, 0.717) is 6.04 Å². The van der Waals surface area contributed by atoms with Crippen molar-refractivity contribution in [2.45, 2.75) is 25.4 Å². The summed E-state index contributed by atoms with van der Waals surface area (Å²) in [6.45, 7) is 2.16. The van der Waals surface area contributed by atoms with Gasteiger partial charge in [0, 0.05) is 18.8 Å². The van der Waals surface area contributed by atoms with Gasteiger partial charge in [0.25, 0.3) is 0 Å². The molecule has 1 saturated heterocycles. The highest BCUT2D eigenvalue weighted by atomic mass is 31.1. The van der Waals surface area contributed by atoms with Crippen molar-refractivity contribution in [2.75, 3.05) is 12.7 Å². The molecule has 1 atom stereocenters. The fourth-order valence-electron chi connectivity index (χ4n) is 3.80. The molecule has 0 spiro atoms. The standard InChI is InChI=1S/C23H25N2P/c1-3-12-22(13-4-1)26(23-14-5-2-6-15-23)19-21-11-9-17-25(21)18-20-10-7-8-16-24-20/h1-8,10,12-16,21H,9,11,17-19H2/t21-/m0/s1. The zero-order valence-corrected chi connectivity index (χ0v) is 15.9. The lowest BCUT2D eigenvalue weighted by molar-refractivity contribution is 0.260. The van der Waals surface area contributed by atoms with Crippen molar-refractivity contribution in [1.29, 1.82) is 0 Å². The number of likely N-dealkylation sites (tertiary alicyclic amines) is 1. The summed E-state index contributed by atoms with van der Waals surface area (Å²) in [6.07, 6.45) is 5.73. The summed E-state index contributed by atoms with van der Waals surface area (Å²) in [7, 11) is -0.325. The molecule has 2 aromatic carbocycles. The Morgan fingerprint density at radius 2 is 1.50 bits per heavy atom. The van der Waals surface area contributed by atoms with Crippen LogP contribution in [0.2, 0.25) is 0 Å². The van der Waals surface area contributed by atoms with Gasteiger partial charge >= 0.3 is 0 Å². The van der Waals surface area contributed by atoms with Gasteiger partial charge in [0.2, 0.25) is 0 Å². The van der Waals surface area contributed by atoms with Crippen LogP contribution in [0.4, 0.5) is 0 Å². The second-order valence-corrected chi connectivity index (χ2v) is 9.12. The van der Waals surface area contributed by atoms with Crippen LogP contribution in [0.5, 0.6) is 0 Å². The van der Waals surface area contributed by atoms with Gasteiger partial charge in [0.05, 0.1) is 5.69 Å². The minimum absolute atomic E-state index is 0.325. The van der Waals surface area contributed by atoms with Gasteiger partial charge < -0.3 is 0 Å². The minimum atomic E-state index is -0.325. The van der Waals surface area contributed by atoms with Gasteiger partial charge in [-0.2, -0.15) is 0 Å². The van der Waals surface area contributed by atoms with Crippen LogP contribution in [0, 0.1) is 0 Å². The van der Waals surface area contributed by atoms with Crippen molar-refractivity contribution < 1.29 is 0 Å².